The number of ether oxygens (including phenoxy) is 1. The Hall–Kier alpha value is -2.30. The van der Waals surface area contributed by atoms with Gasteiger partial charge in [0.1, 0.15) is 6.61 Å². The van der Waals surface area contributed by atoms with E-state index in [9.17, 15) is 18.0 Å². The Kier molecular flexibility index (Phi) is 5.59. The maximum absolute atomic E-state index is 12.7. The minimum Gasteiger partial charge on any atom is -0.456 e. The van der Waals surface area contributed by atoms with Crippen molar-refractivity contribution in [3.8, 4) is 0 Å². The molecule has 8 nitrogen and oxygen atoms in total. The van der Waals surface area contributed by atoms with Gasteiger partial charge < -0.3 is 10.1 Å². The number of aryl methyl sites for hydroxylation is 2. The molecular weight excluding hydrogens is 390 g/mol. The Morgan fingerprint density at radius 1 is 1.37 bits per heavy atom. The third-order valence-corrected chi connectivity index (χ3v) is 6.93. The molecule has 1 amide bonds. The highest BCUT2D eigenvalue weighted by Crippen LogP contribution is 2.21. The highest BCUT2D eigenvalue weighted by Gasteiger charge is 2.29. The van der Waals surface area contributed by atoms with Gasteiger partial charge in [0.05, 0.1) is 32.6 Å². The largest absolute Gasteiger partial charge is 0.456 e. The van der Waals surface area contributed by atoms with Gasteiger partial charge in [-0.3, -0.25) is 4.79 Å². The first-order valence-electron chi connectivity index (χ1n) is 8.24. The van der Waals surface area contributed by atoms with E-state index in [4.69, 9.17) is 4.74 Å². The number of nitrogens with one attached hydrogen (secondary N) is 1. The highest BCUT2D eigenvalue weighted by molar-refractivity contribution is 7.89. The van der Waals surface area contributed by atoms with Crippen LogP contribution in [0.2, 0.25) is 0 Å². The van der Waals surface area contributed by atoms with E-state index in [-0.39, 0.29) is 42.6 Å². The van der Waals surface area contributed by atoms with Crippen LogP contribution in [-0.2, 0) is 26.2 Å². The van der Waals surface area contributed by atoms with Gasteiger partial charge in [-0.15, -0.1) is 11.3 Å². The number of benzene rings is 1. The van der Waals surface area contributed by atoms with Gasteiger partial charge in [-0.25, -0.2) is 18.2 Å². The van der Waals surface area contributed by atoms with Crippen molar-refractivity contribution in [1.82, 2.24) is 14.6 Å². The molecule has 1 N–H and O–H groups in total. The van der Waals surface area contributed by atoms with E-state index < -0.39 is 16.0 Å². The van der Waals surface area contributed by atoms with E-state index in [1.54, 1.807) is 0 Å². The fourth-order valence-electron chi connectivity index (χ4n) is 2.67. The Morgan fingerprint density at radius 2 is 2.15 bits per heavy atom. The molecule has 1 aliphatic heterocycles. The predicted octanol–water partition coefficient (Wildman–Crippen LogP) is 1.24. The number of piperazine rings is 1. The number of esters is 1. The second-order valence-electron chi connectivity index (χ2n) is 6.03. The van der Waals surface area contributed by atoms with E-state index >= 15 is 0 Å². The van der Waals surface area contributed by atoms with Crippen LogP contribution >= 0.6 is 11.3 Å². The fourth-order valence-corrected chi connectivity index (χ4v) is 4.97. The molecule has 27 heavy (non-hydrogen) atoms. The van der Waals surface area contributed by atoms with Crippen LogP contribution in [0.4, 0.5) is 0 Å². The summed E-state index contributed by atoms with van der Waals surface area (Å²) >= 11 is 1.45. The Morgan fingerprint density at radius 3 is 2.81 bits per heavy atom. The van der Waals surface area contributed by atoms with Crippen LogP contribution in [0.1, 0.15) is 25.9 Å². The molecule has 0 saturated carbocycles. The van der Waals surface area contributed by atoms with Gasteiger partial charge >= 0.3 is 5.97 Å². The fraction of sp³-hybridized carbons (Fsp3) is 0.353. The van der Waals surface area contributed by atoms with Crippen molar-refractivity contribution in [2.75, 3.05) is 19.6 Å². The number of thiazole rings is 1. The molecule has 2 aromatic rings. The SMILES string of the molecule is Cc1nc(C)c(COC(=O)c2cccc(S(=O)(=O)N3CCNC(=O)C3)c2)s1. The van der Waals surface area contributed by atoms with E-state index in [0.29, 0.717) is 0 Å². The zero-order chi connectivity index (χ0) is 19.6. The standard InChI is InChI=1S/C17H19N3O5S2/c1-11-15(26-12(2)19-11)10-25-17(22)13-4-3-5-14(8-13)27(23,24)20-7-6-18-16(21)9-20/h3-5,8H,6-7,9-10H2,1-2H3,(H,18,21). The van der Waals surface area contributed by atoms with Crippen molar-refractivity contribution < 1.29 is 22.7 Å². The molecule has 0 radical (unpaired) electrons. The van der Waals surface area contributed by atoms with E-state index in [2.05, 4.69) is 10.3 Å². The van der Waals surface area contributed by atoms with Crippen molar-refractivity contribution >= 4 is 33.2 Å². The Bertz CT molecular complexity index is 984. The molecule has 0 aliphatic carbocycles. The Labute approximate surface area is 161 Å². The molecule has 1 saturated heterocycles. The van der Waals surface area contributed by atoms with Crippen LogP contribution in [0.25, 0.3) is 0 Å². The molecule has 2 heterocycles. The minimum atomic E-state index is -3.86. The van der Waals surface area contributed by atoms with Gasteiger partial charge in [0.25, 0.3) is 0 Å². The van der Waals surface area contributed by atoms with Crippen LogP contribution in [0.15, 0.2) is 29.2 Å². The first-order valence-corrected chi connectivity index (χ1v) is 10.5. The van der Waals surface area contributed by atoms with E-state index in [1.165, 1.54) is 35.6 Å². The predicted molar refractivity (Wildman–Crippen MR) is 98.9 cm³/mol. The summed E-state index contributed by atoms with van der Waals surface area (Å²) in [6, 6.07) is 5.65. The lowest BCUT2D eigenvalue weighted by molar-refractivity contribution is -0.122. The summed E-state index contributed by atoms with van der Waals surface area (Å²) in [5.41, 5.74) is 0.946. The lowest BCUT2D eigenvalue weighted by Gasteiger charge is -2.26. The Balaban J connectivity index is 1.75. The normalized spacial score (nSPS) is 15.4. The molecule has 10 heteroatoms. The molecule has 3 rings (SSSR count). The summed E-state index contributed by atoms with van der Waals surface area (Å²) in [4.78, 5) is 28.9. The summed E-state index contributed by atoms with van der Waals surface area (Å²) in [7, 11) is -3.86. The number of carbonyl (C=O) groups is 2. The molecule has 1 aliphatic rings. The number of hydrogen-bond donors (Lipinski definition) is 1. The number of aromatic nitrogens is 1. The summed E-state index contributed by atoms with van der Waals surface area (Å²) in [6.45, 7) is 4.01. The van der Waals surface area contributed by atoms with Crippen LogP contribution in [-0.4, -0.2) is 49.2 Å². The van der Waals surface area contributed by atoms with Crippen molar-refractivity contribution in [3.63, 3.8) is 0 Å². The van der Waals surface area contributed by atoms with Gasteiger partial charge in [0.2, 0.25) is 15.9 Å². The van der Waals surface area contributed by atoms with Gasteiger partial charge in [-0.05, 0) is 32.0 Å². The quantitative estimate of drug-likeness (QED) is 0.745. The molecule has 1 aromatic heterocycles. The van der Waals surface area contributed by atoms with Gasteiger partial charge in [-0.1, -0.05) is 6.07 Å². The minimum absolute atomic E-state index is 0.0449. The molecule has 1 aromatic carbocycles. The van der Waals surface area contributed by atoms with Crippen LogP contribution in [0.5, 0.6) is 0 Å². The smallest absolute Gasteiger partial charge is 0.338 e. The number of rotatable bonds is 5. The number of amides is 1. The van der Waals surface area contributed by atoms with Crippen molar-refractivity contribution in [2.45, 2.75) is 25.3 Å². The first-order chi connectivity index (χ1) is 12.8. The maximum Gasteiger partial charge on any atom is 0.338 e. The van der Waals surface area contributed by atoms with Crippen molar-refractivity contribution in [3.05, 3.63) is 45.4 Å². The van der Waals surface area contributed by atoms with E-state index in [1.807, 2.05) is 13.8 Å². The molecule has 144 valence electrons. The molecule has 0 unspecified atom stereocenters. The number of sulfonamides is 1. The maximum atomic E-state index is 12.7. The number of hydrogen-bond acceptors (Lipinski definition) is 7. The van der Waals surface area contributed by atoms with Crippen LogP contribution in [0, 0.1) is 13.8 Å². The highest BCUT2D eigenvalue weighted by atomic mass is 32.2. The van der Waals surface area contributed by atoms with Gasteiger partial charge in [-0.2, -0.15) is 4.31 Å². The molecule has 0 bridgehead atoms. The second-order valence-corrected chi connectivity index (χ2v) is 9.26. The third-order valence-electron chi connectivity index (χ3n) is 4.04. The molecule has 1 fully saturated rings. The lowest BCUT2D eigenvalue weighted by Crippen LogP contribution is -2.49. The zero-order valence-corrected chi connectivity index (χ0v) is 16.5. The zero-order valence-electron chi connectivity index (χ0n) is 14.9. The van der Waals surface area contributed by atoms with Crippen LogP contribution < -0.4 is 5.32 Å². The summed E-state index contributed by atoms with van der Waals surface area (Å²) in [5, 5.41) is 3.47. The van der Waals surface area contributed by atoms with Gasteiger partial charge in [0.15, 0.2) is 0 Å². The van der Waals surface area contributed by atoms with Crippen molar-refractivity contribution in [2.24, 2.45) is 0 Å². The summed E-state index contributed by atoms with van der Waals surface area (Å²) in [6.07, 6.45) is 0. The summed E-state index contributed by atoms with van der Waals surface area (Å²) < 4.78 is 31.8. The molecule has 0 atom stereocenters. The first kappa shape index (κ1) is 19.5. The van der Waals surface area contributed by atoms with Crippen LogP contribution in [0.3, 0.4) is 0 Å². The molecular formula is C17H19N3O5S2. The number of nitrogens with zero attached hydrogens (tertiary/aromatic N) is 2. The third kappa shape index (κ3) is 4.34. The molecule has 0 spiro atoms. The average molecular weight is 409 g/mol. The lowest BCUT2D eigenvalue weighted by atomic mass is 10.2. The average Bonchev–Trinajstić information content (AvgIpc) is 2.97. The second kappa shape index (κ2) is 7.75. The topological polar surface area (TPSA) is 106 Å². The van der Waals surface area contributed by atoms with E-state index in [0.717, 1.165) is 19.9 Å². The van der Waals surface area contributed by atoms with Crippen molar-refractivity contribution in [1.29, 1.82) is 0 Å². The number of carbonyl (C=O) groups excluding carboxylic acids is 2. The van der Waals surface area contributed by atoms with Gasteiger partial charge in [0, 0.05) is 13.1 Å². The summed E-state index contributed by atoms with van der Waals surface area (Å²) in [5.74, 6) is -0.968. The monoisotopic (exact) mass is 409 g/mol.